The highest BCUT2D eigenvalue weighted by Crippen LogP contribution is 2.47. The second-order valence-electron chi connectivity index (χ2n) is 12.9. The van der Waals surface area contributed by atoms with Crippen molar-refractivity contribution in [2.45, 2.75) is 0 Å². The van der Waals surface area contributed by atoms with Crippen LogP contribution >= 0.6 is 0 Å². The topological polar surface area (TPSA) is 23.0 Å². The Bertz CT molecular complexity index is 3090. The average Bonchev–Trinajstić information content (AvgIpc) is 3.84. The van der Waals surface area contributed by atoms with Crippen molar-refractivity contribution >= 4 is 76.3 Å². The molecule has 228 valence electrons. The third-order valence-electron chi connectivity index (χ3n) is 10.3. The first kappa shape index (κ1) is 26.5. The van der Waals surface area contributed by atoms with Gasteiger partial charge in [-0.3, -0.25) is 0 Å². The Labute approximate surface area is 281 Å². The van der Waals surface area contributed by atoms with Crippen LogP contribution in [0.15, 0.2) is 174 Å². The fourth-order valence-electron chi connectivity index (χ4n) is 8.27. The van der Waals surface area contributed by atoms with Gasteiger partial charge in [0.1, 0.15) is 11.2 Å². The zero-order valence-electron chi connectivity index (χ0n) is 26.5. The van der Waals surface area contributed by atoms with E-state index in [2.05, 4.69) is 167 Å². The molecule has 11 rings (SSSR count). The Morgan fingerprint density at radius 3 is 1.47 bits per heavy atom. The summed E-state index contributed by atoms with van der Waals surface area (Å²) in [5.74, 6) is 0. The van der Waals surface area contributed by atoms with E-state index in [9.17, 15) is 0 Å². The molecule has 0 bridgehead atoms. The third-order valence-corrected chi connectivity index (χ3v) is 10.3. The minimum atomic E-state index is 0.914. The molecular weight excluding hydrogens is 597 g/mol. The van der Waals surface area contributed by atoms with Gasteiger partial charge in [0.05, 0.1) is 22.1 Å². The standard InChI is InChI=1S/C46H28N2O/c1-2-13-30(14-3-1)47-39-22-9-6-18-37(39)42-34-16-4-5-17-35(34)43-38-19-7-10-23-40(38)48(45(43)44(42)47)31-27-25-29(26-28-31)32-20-12-21-36-33-15-8-11-24-41(33)49-46(32)36/h1-28H. The molecule has 8 aromatic carbocycles. The number of aromatic nitrogens is 2. The van der Waals surface area contributed by atoms with Gasteiger partial charge in [-0.15, -0.1) is 0 Å². The van der Waals surface area contributed by atoms with Crippen molar-refractivity contribution in [3.05, 3.63) is 170 Å². The van der Waals surface area contributed by atoms with Crippen molar-refractivity contribution in [3.63, 3.8) is 0 Å². The molecule has 0 aliphatic heterocycles. The number of rotatable bonds is 3. The summed E-state index contributed by atoms with van der Waals surface area (Å²) in [5, 5.41) is 9.88. The number of benzene rings is 8. The van der Waals surface area contributed by atoms with Crippen LogP contribution in [-0.2, 0) is 0 Å². The highest BCUT2D eigenvalue weighted by atomic mass is 16.3. The predicted molar refractivity (Wildman–Crippen MR) is 205 cm³/mol. The number of para-hydroxylation sites is 5. The van der Waals surface area contributed by atoms with Crippen molar-refractivity contribution < 1.29 is 4.42 Å². The Morgan fingerprint density at radius 1 is 0.347 bits per heavy atom. The van der Waals surface area contributed by atoms with Crippen LogP contribution in [0.5, 0.6) is 0 Å². The SMILES string of the molecule is c1ccc(-n2c3ccccc3c3c4ccccc4c4c5ccccc5n(-c5ccc(-c6cccc7c6oc6ccccc67)cc5)c4c32)cc1. The van der Waals surface area contributed by atoms with Crippen molar-refractivity contribution in [3.8, 4) is 22.5 Å². The van der Waals surface area contributed by atoms with Gasteiger partial charge in [-0.2, -0.15) is 0 Å². The Kier molecular flexibility index (Phi) is 5.38. The summed E-state index contributed by atoms with van der Waals surface area (Å²) in [5.41, 5.74) is 11.1. The van der Waals surface area contributed by atoms with Crippen LogP contribution in [0.4, 0.5) is 0 Å². The lowest BCUT2D eigenvalue weighted by molar-refractivity contribution is 0.670. The van der Waals surface area contributed by atoms with Crippen molar-refractivity contribution in [1.82, 2.24) is 9.13 Å². The van der Waals surface area contributed by atoms with E-state index in [1.807, 2.05) is 12.1 Å². The number of nitrogens with zero attached hydrogens (tertiary/aromatic N) is 2. The highest BCUT2D eigenvalue weighted by Gasteiger charge is 2.24. The van der Waals surface area contributed by atoms with Crippen LogP contribution < -0.4 is 0 Å². The summed E-state index contributed by atoms with van der Waals surface area (Å²) in [4.78, 5) is 0. The zero-order chi connectivity index (χ0) is 32.1. The van der Waals surface area contributed by atoms with E-state index in [-0.39, 0.29) is 0 Å². The molecule has 3 heterocycles. The van der Waals surface area contributed by atoms with E-state index in [1.165, 1.54) is 54.4 Å². The maximum atomic E-state index is 6.42. The van der Waals surface area contributed by atoms with Gasteiger partial charge in [0.25, 0.3) is 0 Å². The molecule has 49 heavy (non-hydrogen) atoms. The first-order valence-electron chi connectivity index (χ1n) is 16.8. The molecule has 3 heteroatoms. The van der Waals surface area contributed by atoms with E-state index in [1.54, 1.807) is 0 Å². The number of furan rings is 1. The monoisotopic (exact) mass is 624 g/mol. The van der Waals surface area contributed by atoms with Crippen LogP contribution in [0, 0.1) is 0 Å². The van der Waals surface area contributed by atoms with Gasteiger partial charge >= 0.3 is 0 Å². The molecule has 0 aliphatic rings. The van der Waals surface area contributed by atoms with Crippen molar-refractivity contribution in [1.29, 1.82) is 0 Å². The minimum absolute atomic E-state index is 0.914. The summed E-state index contributed by atoms with van der Waals surface area (Å²) < 4.78 is 11.4. The number of fused-ring (bicyclic) bond motifs is 13. The first-order valence-corrected chi connectivity index (χ1v) is 16.8. The molecular formula is C46H28N2O. The van der Waals surface area contributed by atoms with Gasteiger partial charge < -0.3 is 13.6 Å². The van der Waals surface area contributed by atoms with Crippen LogP contribution in [0.3, 0.4) is 0 Å². The van der Waals surface area contributed by atoms with E-state index < -0.39 is 0 Å². The maximum Gasteiger partial charge on any atom is 0.143 e. The van der Waals surface area contributed by atoms with E-state index in [4.69, 9.17) is 4.42 Å². The minimum Gasteiger partial charge on any atom is -0.455 e. The van der Waals surface area contributed by atoms with Crippen LogP contribution in [0.1, 0.15) is 0 Å². The lowest BCUT2D eigenvalue weighted by Crippen LogP contribution is -1.99. The van der Waals surface area contributed by atoms with Gasteiger partial charge in [-0.1, -0.05) is 127 Å². The molecule has 0 radical (unpaired) electrons. The predicted octanol–water partition coefficient (Wildman–Crippen LogP) is 12.6. The fraction of sp³-hybridized carbons (Fsp3) is 0. The summed E-state index contributed by atoms with van der Waals surface area (Å²) >= 11 is 0. The normalized spacial score (nSPS) is 12.1. The zero-order valence-corrected chi connectivity index (χ0v) is 26.5. The molecule has 0 unspecified atom stereocenters. The molecule has 0 saturated carbocycles. The summed E-state index contributed by atoms with van der Waals surface area (Å²) in [6.45, 7) is 0. The van der Waals surface area contributed by atoms with Crippen molar-refractivity contribution in [2.75, 3.05) is 0 Å². The van der Waals surface area contributed by atoms with Crippen LogP contribution in [-0.4, -0.2) is 9.13 Å². The Balaban J connectivity index is 1.27. The van der Waals surface area contributed by atoms with Crippen LogP contribution in [0.2, 0.25) is 0 Å². The summed E-state index contributed by atoms with van der Waals surface area (Å²) in [6, 6.07) is 61.1. The quantitative estimate of drug-likeness (QED) is 0.192. The number of hydrogen-bond acceptors (Lipinski definition) is 1. The van der Waals surface area contributed by atoms with Gasteiger partial charge in [0.15, 0.2) is 0 Å². The summed E-state index contributed by atoms with van der Waals surface area (Å²) in [6.07, 6.45) is 0. The Morgan fingerprint density at radius 2 is 0.837 bits per heavy atom. The molecule has 0 aliphatic carbocycles. The Hall–Kier alpha value is -6.58. The molecule has 0 fully saturated rings. The van der Waals surface area contributed by atoms with E-state index in [0.29, 0.717) is 0 Å². The molecule has 11 aromatic rings. The lowest BCUT2D eigenvalue weighted by atomic mass is 9.98. The smallest absolute Gasteiger partial charge is 0.143 e. The fourth-order valence-corrected chi connectivity index (χ4v) is 8.27. The second kappa shape index (κ2) is 9.96. The van der Waals surface area contributed by atoms with Gasteiger partial charge in [0, 0.05) is 49.3 Å². The van der Waals surface area contributed by atoms with E-state index in [0.717, 1.165) is 44.4 Å². The first-order chi connectivity index (χ1) is 24.3. The molecule has 3 nitrogen and oxygen atoms in total. The summed E-state index contributed by atoms with van der Waals surface area (Å²) in [7, 11) is 0. The molecule has 0 saturated heterocycles. The highest BCUT2D eigenvalue weighted by molar-refractivity contribution is 6.36. The maximum absolute atomic E-state index is 6.42. The molecule has 0 amide bonds. The van der Waals surface area contributed by atoms with Gasteiger partial charge in [-0.25, -0.2) is 0 Å². The van der Waals surface area contributed by atoms with E-state index >= 15 is 0 Å². The second-order valence-corrected chi connectivity index (χ2v) is 12.9. The third kappa shape index (κ3) is 3.62. The lowest BCUT2D eigenvalue weighted by Gasteiger charge is -2.14. The van der Waals surface area contributed by atoms with Crippen molar-refractivity contribution in [2.24, 2.45) is 0 Å². The number of hydrogen-bond donors (Lipinski definition) is 0. The van der Waals surface area contributed by atoms with Crippen LogP contribution in [0.25, 0.3) is 98.8 Å². The molecule has 0 spiro atoms. The van der Waals surface area contributed by atoms with Gasteiger partial charge in [0.2, 0.25) is 0 Å². The largest absolute Gasteiger partial charge is 0.455 e. The average molecular weight is 625 g/mol. The molecule has 0 atom stereocenters. The van der Waals surface area contributed by atoms with Gasteiger partial charge in [-0.05, 0) is 58.8 Å². The molecule has 0 N–H and O–H groups in total. The molecule has 3 aromatic heterocycles.